The predicted octanol–water partition coefficient (Wildman–Crippen LogP) is 3.54. The minimum absolute atomic E-state index is 0.0251. The van der Waals surface area contributed by atoms with Gasteiger partial charge < -0.3 is 4.90 Å². The van der Waals surface area contributed by atoms with Gasteiger partial charge in [0.2, 0.25) is 5.91 Å². The molecule has 2 aliphatic heterocycles. The summed E-state index contributed by atoms with van der Waals surface area (Å²) in [5.74, 6) is -0.297. The molecule has 24 heavy (non-hydrogen) atoms. The van der Waals surface area contributed by atoms with Gasteiger partial charge in [0, 0.05) is 18.0 Å². The van der Waals surface area contributed by atoms with Crippen LogP contribution in [0.25, 0.3) is 0 Å². The number of carbonyl (C=O) groups is 1. The molecule has 0 unspecified atom stereocenters. The number of hydrogen-bond acceptors (Lipinski definition) is 3. The maximum absolute atomic E-state index is 14.0. The minimum atomic E-state index is -0.322. The first kappa shape index (κ1) is 15.7. The van der Waals surface area contributed by atoms with Crippen LogP contribution in [0.1, 0.15) is 12.0 Å². The van der Waals surface area contributed by atoms with Crippen molar-refractivity contribution in [3.8, 4) is 0 Å². The van der Waals surface area contributed by atoms with Crippen LogP contribution in [0.15, 0.2) is 53.4 Å². The van der Waals surface area contributed by atoms with Crippen molar-refractivity contribution in [2.24, 2.45) is 0 Å². The summed E-state index contributed by atoms with van der Waals surface area (Å²) in [6, 6.07) is 15.0. The molecule has 2 atom stereocenters. The van der Waals surface area contributed by atoms with Crippen molar-refractivity contribution in [3.63, 3.8) is 0 Å². The topological polar surface area (TPSA) is 23.6 Å². The van der Waals surface area contributed by atoms with Crippen LogP contribution in [0.2, 0.25) is 0 Å². The maximum Gasteiger partial charge on any atom is 0.244 e. The number of likely N-dealkylation sites (tertiary alicyclic amines) is 1. The summed E-state index contributed by atoms with van der Waals surface area (Å²) in [4.78, 5) is 17.9. The number of para-hydroxylation sites is 1. The predicted molar refractivity (Wildman–Crippen MR) is 94.7 cm³/mol. The number of halogens is 1. The number of rotatable bonds is 4. The monoisotopic (exact) mass is 342 g/mol. The van der Waals surface area contributed by atoms with E-state index in [9.17, 15) is 9.18 Å². The van der Waals surface area contributed by atoms with Crippen LogP contribution in [0, 0.1) is 5.82 Å². The molecule has 2 aromatic carbocycles. The van der Waals surface area contributed by atoms with E-state index in [1.807, 2.05) is 0 Å². The molecule has 124 valence electrons. The first-order chi connectivity index (χ1) is 11.7. The van der Waals surface area contributed by atoms with Crippen LogP contribution < -0.4 is 4.90 Å². The molecule has 2 fully saturated rings. The van der Waals surface area contributed by atoms with Crippen molar-refractivity contribution in [2.45, 2.75) is 29.9 Å². The zero-order chi connectivity index (χ0) is 16.7. The van der Waals surface area contributed by atoms with Crippen LogP contribution >= 0.6 is 11.8 Å². The van der Waals surface area contributed by atoms with Crippen LogP contribution in [0.5, 0.6) is 0 Å². The zero-order valence-corrected chi connectivity index (χ0v) is 14.3. The molecule has 2 aromatic rings. The van der Waals surface area contributed by atoms with Gasteiger partial charge in [0.1, 0.15) is 5.82 Å². The van der Waals surface area contributed by atoms with Crippen LogP contribution in [0.3, 0.4) is 0 Å². The quantitative estimate of drug-likeness (QED) is 0.794. The number of piperazine rings is 1. The molecule has 0 spiro atoms. The number of benzene rings is 2. The molecule has 0 aromatic heterocycles. The lowest BCUT2D eigenvalue weighted by atomic mass is 10.2. The number of anilines is 1. The Labute approximate surface area is 145 Å². The van der Waals surface area contributed by atoms with Gasteiger partial charge in [-0.05, 0) is 42.5 Å². The minimum Gasteiger partial charge on any atom is -0.304 e. The fourth-order valence-electron chi connectivity index (χ4n) is 3.77. The van der Waals surface area contributed by atoms with E-state index in [0.717, 1.165) is 19.5 Å². The molecular weight excluding hydrogens is 323 g/mol. The highest BCUT2D eigenvalue weighted by molar-refractivity contribution is 7.98. The van der Waals surface area contributed by atoms with Gasteiger partial charge in [-0.25, -0.2) is 4.39 Å². The van der Waals surface area contributed by atoms with Crippen molar-refractivity contribution >= 4 is 23.4 Å². The second-order valence-electron chi connectivity index (χ2n) is 6.34. The normalized spacial score (nSPS) is 23.2. The van der Waals surface area contributed by atoms with Crippen LogP contribution in [-0.4, -0.2) is 35.7 Å². The molecule has 2 saturated heterocycles. The van der Waals surface area contributed by atoms with Crippen molar-refractivity contribution in [2.75, 3.05) is 17.7 Å². The maximum atomic E-state index is 14.0. The Morgan fingerprint density at radius 3 is 2.58 bits per heavy atom. The van der Waals surface area contributed by atoms with Gasteiger partial charge in [0.25, 0.3) is 0 Å². The van der Waals surface area contributed by atoms with Crippen molar-refractivity contribution in [3.05, 3.63) is 59.9 Å². The molecule has 0 N–H and O–H groups in total. The van der Waals surface area contributed by atoms with Gasteiger partial charge >= 0.3 is 0 Å². The Balaban J connectivity index is 1.50. The number of fused-ring (bicyclic) bond motifs is 2. The van der Waals surface area contributed by atoms with E-state index in [2.05, 4.69) is 35.4 Å². The van der Waals surface area contributed by atoms with E-state index < -0.39 is 0 Å². The number of amides is 1. The van der Waals surface area contributed by atoms with Crippen molar-refractivity contribution in [1.29, 1.82) is 0 Å². The molecule has 0 saturated carbocycles. The second kappa shape index (κ2) is 6.22. The Morgan fingerprint density at radius 2 is 1.92 bits per heavy atom. The van der Waals surface area contributed by atoms with Crippen molar-refractivity contribution in [1.82, 2.24) is 4.90 Å². The molecule has 0 aliphatic carbocycles. The highest BCUT2D eigenvalue weighted by Gasteiger charge is 2.50. The highest BCUT2D eigenvalue weighted by atomic mass is 32.2. The van der Waals surface area contributed by atoms with Crippen molar-refractivity contribution < 1.29 is 9.18 Å². The number of hydrogen-bond donors (Lipinski definition) is 0. The Kier molecular flexibility index (Phi) is 4.06. The number of nitrogens with zero attached hydrogens (tertiary/aromatic N) is 2. The molecule has 2 aliphatic rings. The lowest BCUT2D eigenvalue weighted by Crippen LogP contribution is -2.50. The van der Waals surface area contributed by atoms with Gasteiger partial charge in [-0.1, -0.05) is 24.3 Å². The molecule has 3 nitrogen and oxygen atoms in total. The van der Waals surface area contributed by atoms with E-state index in [1.54, 1.807) is 34.9 Å². The average Bonchev–Trinajstić information content (AvgIpc) is 3.14. The summed E-state index contributed by atoms with van der Waals surface area (Å²) in [7, 11) is 0. The summed E-state index contributed by atoms with van der Waals surface area (Å²) in [5.41, 5.74) is 1.63. The van der Waals surface area contributed by atoms with Crippen LogP contribution in [-0.2, 0) is 11.3 Å². The highest BCUT2D eigenvalue weighted by Crippen LogP contribution is 2.37. The molecule has 0 radical (unpaired) electrons. The lowest BCUT2D eigenvalue weighted by Gasteiger charge is -2.34. The summed E-state index contributed by atoms with van der Waals surface area (Å²) in [5, 5.41) is 0. The number of carbonyl (C=O) groups excluding carboxylic acids is 1. The number of thioether (sulfide) groups is 1. The molecule has 5 heteroatoms. The van der Waals surface area contributed by atoms with E-state index in [0.29, 0.717) is 5.69 Å². The fourth-order valence-corrected chi connectivity index (χ4v) is 4.17. The standard InChI is InChI=1S/C19H19FN2OS/c1-24-15-8-6-13(7-9-15)11-21-12-14-10-18(21)19(23)22(14)17-5-3-2-4-16(17)20/h2-9,14,18H,10-12H2,1H3/t14-,18-/m0/s1. The van der Waals surface area contributed by atoms with Gasteiger partial charge in [-0.2, -0.15) is 0 Å². The summed E-state index contributed by atoms with van der Waals surface area (Å²) < 4.78 is 14.0. The average molecular weight is 342 g/mol. The van der Waals surface area contributed by atoms with E-state index in [1.165, 1.54) is 16.5 Å². The van der Waals surface area contributed by atoms with Crippen LogP contribution in [0.4, 0.5) is 10.1 Å². The lowest BCUT2D eigenvalue weighted by molar-refractivity contribution is -0.122. The zero-order valence-electron chi connectivity index (χ0n) is 13.5. The molecule has 1 amide bonds. The van der Waals surface area contributed by atoms with E-state index in [4.69, 9.17) is 0 Å². The Morgan fingerprint density at radius 1 is 1.17 bits per heavy atom. The SMILES string of the molecule is CSc1ccc(CN2C[C@@H]3C[C@H]2C(=O)N3c2ccccc2F)cc1. The first-order valence-corrected chi connectivity index (χ1v) is 9.34. The summed E-state index contributed by atoms with van der Waals surface area (Å²) in [6.45, 7) is 1.57. The van der Waals surface area contributed by atoms with Gasteiger partial charge in [-0.3, -0.25) is 9.69 Å². The molecule has 2 bridgehead atoms. The largest absolute Gasteiger partial charge is 0.304 e. The molecule has 4 rings (SSSR count). The second-order valence-corrected chi connectivity index (χ2v) is 7.22. The Hall–Kier alpha value is -1.85. The molecule has 2 heterocycles. The Bertz CT molecular complexity index is 764. The smallest absolute Gasteiger partial charge is 0.244 e. The van der Waals surface area contributed by atoms with Gasteiger partial charge in [-0.15, -0.1) is 11.8 Å². The summed E-state index contributed by atoms with van der Waals surface area (Å²) in [6.07, 6.45) is 2.85. The van der Waals surface area contributed by atoms with E-state index in [-0.39, 0.29) is 23.8 Å². The first-order valence-electron chi connectivity index (χ1n) is 8.12. The third kappa shape index (κ3) is 2.62. The third-order valence-corrected chi connectivity index (χ3v) is 5.67. The van der Waals surface area contributed by atoms with Gasteiger partial charge in [0.15, 0.2) is 0 Å². The fraction of sp³-hybridized carbons (Fsp3) is 0.316. The van der Waals surface area contributed by atoms with Gasteiger partial charge in [0.05, 0.1) is 17.8 Å². The van der Waals surface area contributed by atoms with E-state index >= 15 is 0 Å². The third-order valence-electron chi connectivity index (χ3n) is 4.93. The molecular formula is C19H19FN2OS. The summed E-state index contributed by atoms with van der Waals surface area (Å²) >= 11 is 1.72.